The number of hydrogen-bond acceptors (Lipinski definition) is 3. The summed E-state index contributed by atoms with van der Waals surface area (Å²) in [6.07, 6.45) is -0.232. The molecule has 0 unspecified atom stereocenters. The van der Waals surface area contributed by atoms with Crippen LogP contribution in [-0.4, -0.2) is 28.5 Å². The summed E-state index contributed by atoms with van der Waals surface area (Å²) in [5.41, 5.74) is -1.18. The van der Waals surface area contributed by atoms with E-state index in [-0.39, 0.29) is 17.3 Å². The lowest BCUT2D eigenvalue weighted by atomic mass is 9.82. The molecular weight excluding hydrogens is 191 g/mol. The first-order chi connectivity index (χ1) is 8.46. The van der Waals surface area contributed by atoms with Crippen LogP contribution in [-0.2, 0) is 9.31 Å². The molecule has 0 bridgehead atoms. The van der Waals surface area contributed by atoms with E-state index < -0.39 is 25.2 Å². The third kappa shape index (κ3) is 1.60. The number of H-pyrrole nitrogens is 1. The predicted molar refractivity (Wildman–Crippen MR) is 59.0 cm³/mol. The van der Waals surface area contributed by atoms with Gasteiger partial charge in [-0.1, -0.05) is 0 Å². The highest BCUT2D eigenvalue weighted by Crippen LogP contribution is 2.36. The Balaban J connectivity index is 2.41. The lowest BCUT2D eigenvalue weighted by Crippen LogP contribution is -2.41. The van der Waals surface area contributed by atoms with Crippen molar-refractivity contribution in [2.24, 2.45) is 0 Å². The Morgan fingerprint density at radius 1 is 1.40 bits per heavy atom. The molecule has 1 saturated heterocycles. The van der Waals surface area contributed by atoms with E-state index in [0.29, 0.717) is 0 Å². The molecule has 1 aliphatic heterocycles. The van der Waals surface area contributed by atoms with Crippen LogP contribution < -0.4 is 5.59 Å². The van der Waals surface area contributed by atoms with Gasteiger partial charge in [0.05, 0.1) is 18.2 Å². The first-order valence-electron chi connectivity index (χ1n) is 6.87. The highest BCUT2D eigenvalue weighted by atomic mass is 16.7. The molecule has 1 aromatic rings. The molecule has 1 fully saturated rings. The summed E-state index contributed by atoms with van der Waals surface area (Å²) in [5, 5.41) is 6.24. The van der Waals surface area contributed by atoms with Gasteiger partial charge in [0.1, 0.15) is 0 Å². The van der Waals surface area contributed by atoms with Crippen molar-refractivity contribution in [2.45, 2.75) is 45.7 Å². The molecule has 0 spiro atoms. The van der Waals surface area contributed by atoms with Crippen molar-refractivity contribution in [1.29, 1.82) is 0 Å². The van der Waals surface area contributed by atoms with E-state index in [4.69, 9.17) is 14.8 Å². The van der Waals surface area contributed by atoms with E-state index in [1.54, 1.807) is 0 Å². The molecule has 1 N–H and O–H groups in total. The van der Waals surface area contributed by atoms with Gasteiger partial charge in [0.25, 0.3) is 0 Å². The fraction of sp³-hybridized carbons (Fsp3) is 0.700. The van der Waals surface area contributed by atoms with Crippen molar-refractivity contribution >= 4 is 12.7 Å². The van der Waals surface area contributed by atoms with Crippen molar-refractivity contribution < 1.29 is 14.8 Å². The fourth-order valence-electron chi connectivity index (χ4n) is 1.39. The lowest BCUT2D eigenvalue weighted by Gasteiger charge is -2.32. The Kier molecular flexibility index (Phi) is 1.38. The molecule has 0 atom stereocenters. The average Bonchev–Trinajstić information content (AvgIpc) is 2.65. The zero-order valence-corrected chi connectivity index (χ0v) is 9.34. The molecule has 5 heteroatoms. The molecule has 0 radical (unpaired) electrons. The number of nitrogens with zero attached hydrogens (tertiary/aromatic N) is 1. The Morgan fingerprint density at radius 2 is 2.00 bits per heavy atom. The average molecular weight is 212 g/mol. The topological polar surface area (TPSA) is 47.1 Å². The van der Waals surface area contributed by atoms with E-state index in [1.807, 2.05) is 27.7 Å². The van der Waals surface area contributed by atoms with Gasteiger partial charge in [-0.05, 0) is 40.1 Å². The summed E-state index contributed by atoms with van der Waals surface area (Å²) >= 11 is 0. The maximum absolute atomic E-state index is 7.62. The van der Waals surface area contributed by atoms with Gasteiger partial charge in [-0.3, -0.25) is 5.10 Å². The van der Waals surface area contributed by atoms with Gasteiger partial charge in [0.2, 0.25) is 0 Å². The molecule has 1 aromatic heterocycles. The minimum atomic E-state index is -2.43. The van der Waals surface area contributed by atoms with Crippen LogP contribution in [0.4, 0.5) is 0 Å². The minimum absolute atomic E-state index is 0.128. The Bertz CT molecular complexity index is 482. The van der Waals surface area contributed by atoms with Crippen molar-refractivity contribution in [3.8, 4) is 0 Å². The third-order valence-corrected chi connectivity index (χ3v) is 3.09. The van der Waals surface area contributed by atoms with Gasteiger partial charge in [-0.25, -0.2) is 0 Å². The van der Waals surface area contributed by atoms with Crippen molar-refractivity contribution in [3.63, 3.8) is 0 Å². The number of rotatable bonds is 1. The monoisotopic (exact) mass is 212 g/mol. The van der Waals surface area contributed by atoms with Gasteiger partial charge in [-0.2, -0.15) is 5.10 Å². The Labute approximate surface area is 96.1 Å². The molecule has 0 amide bonds. The molecule has 4 nitrogen and oxygen atoms in total. The fourth-order valence-corrected chi connectivity index (χ4v) is 1.39. The second kappa shape index (κ2) is 3.09. The summed E-state index contributed by atoms with van der Waals surface area (Å²) in [6.45, 7) is 5.06. The van der Waals surface area contributed by atoms with E-state index >= 15 is 0 Å². The highest BCUT2D eigenvalue weighted by molar-refractivity contribution is 6.61. The molecule has 2 rings (SSSR count). The molecule has 1 aliphatic rings. The second-order valence-corrected chi connectivity index (χ2v) is 4.70. The summed E-state index contributed by atoms with van der Waals surface area (Å²) in [4.78, 5) is 0. The molecule has 2 heterocycles. The first kappa shape index (κ1) is 6.71. The molecule has 0 aliphatic carbocycles. The number of aromatic amines is 1. The summed E-state index contributed by atoms with van der Waals surface area (Å²) in [5.74, 6) is 0. The Hall–Kier alpha value is -0.805. The lowest BCUT2D eigenvalue weighted by molar-refractivity contribution is 0.00578. The van der Waals surface area contributed by atoms with Crippen LogP contribution in [0, 0.1) is 6.85 Å². The van der Waals surface area contributed by atoms with Crippen LogP contribution in [0.15, 0.2) is 6.17 Å². The van der Waals surface area contributed by atoms with Crippen LogP contribution in [0.1, 0.15) is 38.7 Å². The molecule has 82 valence electrons. The van der Waals surface area contributed by atoms with Crippen molar-refractivity contribution in [1.82, 2.24) is 10.2 Å². The number of hydrogen-bond donors (Lipinski definition) is 1. The normalized spacial score (nSPS) is 28.1. The maximum atomic E-state index is 7.62. The van der Waals surface area contributed by atoms with Crippen LogP contribution >= 0.6 is 0 Å². The zero-order chi connectivity index (χ0) is 14.6. The van der Waals surface area contributed by atoms with Gasteiger partial charge < -0.3 is 9.31 Å². The summed E-state index contributed by atoms with van der Waals surface area (Å²) < 4.78 is 41.6. The number of nitrogens with one attached hydrogen (secondary N) is 1. The molecule has 0 saturated carbocycles. The second-order valence-electron chi connectivity index (χ2n) is 4.70. The molecule has 0 aromatic carbocycles. The summed E-state index contributed by atoms with van der Waals surface area (Å²) in [6, 6.07) is 0. The van der Waals surface area contributed by atoms with Gasteiger partial charge in [-0.15, -0.1) is 0 Å². The quantitative estimate of drug-likeness (QED) is 0.707. The van der Waals surface area contributed by atoms with Gasteiger partial charge in [0.15, 0.2) is 0 Å². The van der Waals surface area contributed by atoms with Crippen LogP contribution in [0.5, 0.6) is 0 Å². The first-order valence-corrected chi connectivity index (χ1v) is 4.87. The van der Waals surface area contributed by atoms with Crippen molar-refractivity contribution in [3.05, 3.63) is 11.7 Å². The van der Waals surface area contributed by atoms with Crippen LogP contribution in [0.25, 0.3) is 0 Å². The van der Waals surface area contributed by atoms with E-state index in [9.17, 15) is 0 Å². The standard InChI is InChI=1S/C10H17BN2O2/c1-7-6-12-13-8(7)11-14-9(2,3)10(4,5)15-11/h6H,1-5H3,(H,12,13)/i1D3,6D. The van der Waals surface area contributed by atoms with E-state index in [1.165, 1.54) is 0 Å². The van der Waals surface area contributed by atoms with Gasteiger partial charge >= 0.3 is 7.12 Å². The highest BCUT2D eigenvalue weighted by Gasteiger charge is 2.52. The SMILES string of the molecule is [2H]c1[nH]nc(B2OC(C)(C)C(C)(C)O2)c1C([2H])([2H])[2H]. The summed E-state index contributed by atoms with van der Waals surface area (Å²) in [7, 11) is -0.879. The largest absolute Gasteiger partial charge is 0.516 e. The number of aromatic nitrogens is 2. The smallest absolute Gasteiger partial charge is 0.398 e. The van der Waals surface area contributed by atoms with E-state index in [0.717, 1.165) is 0 Å². The zero-order valence-electron chi connectivity index (χ0n) is 13.3. The molecular formula is C10H17BN2O2. The van der Waals surface area contributed by atoms with Crippen LogP contribution in [0.2, 0.25) is 0 Å². The van der Waals surface area contributed by atoms with Gasteiger partial charge in [0, 0.05) is 10.3 Å². The third-order valence-electron chi connectivity index (χ3n) is 3.09. The predicted octanol–water partition coefficient (Wildman–Crippen LogP) is 1.02. The minimum Gasteiger partial charge on any atom is -0.398 e. The Morgan fingerprint density at radius 3 is 2.53 bits per heavy atom. The molecule has 15 heavy (non-hydrogen) atoms. The van der Waals surface area contributed by atoms with E-state index in [2.05, 4.69) is 10.2 Å². The van der Waals surface area contributed by atoms with Crippen molar-refractivity contribution in [2.75, 3.05) is 0 Å². The van der Waals surface area contributed by atoms with Crippen LogP contribution in [0.3, 0.4) is 0 Å². The maximum Gasteiger partial charge on any atom is 0.516 e.